The highest BCUT2D eigenvalue weighted by Crippen LogP contribution is 2.38. The Hall–Kier alpha value is -1.58. The molecule has 27 heavy (non-hydrogen) atoms. The minimum absolute atomic E-state index is 0.0330. The summed E-state index contributed by atoms with van der Waals surface area (Å²) in [7, 11) is 1.66. The Morgan fingerprint density at radius 3 is 2.63 bits per heavy atom. The second kappa shape index (κ2) is 8.62. The fourth-order valence-corrected chi connectivity index (χ4v) is 3.80. The van der Waals surface area contributed by atoms with E-state index in [9.17, 15) is 0 Å². The van der Waals surface area contributed by atoms with Gasteiger partial charge in [0.25, 0.3) is 0 Å². The molecule has 0 aromatic heterocycles. The highest BCUT2D eigenvalue weighted by molar-refractivity contribution is 5.26. The van der Waals surface area contributed by atoms with Crippen molar-refractivity contribution in [2.75, 3.05) is 13.7 Å². The third-order valence-electron chi connectivity index (χ3n) is 5.22. The number of terminal acetylenes is 1. The predicted molar refractivity (Wildman–Crippen MR) is 102 cm³/mol. The van der Waals surface area contributed by atoms with E-state index in [1.54, 1.807) is 7.11 Å². The van der Waals surface area contributed by atoms with Crippen molar-refractivity contribution in [1.29, 1.82) is 0 Å². The van der Waals surface area contributed by atoms with E-state index in [2.05, 4.69) is 12.8 Å². The minimum Gasteiger partial charge on any atom is -0.497 e. The van der Waals surface area contributed by atoms with Crippen molar-refractivity contribution in [1.82, 2.24) is 0 Å². The molecular weight excluding hydrogens is 344 g/mol. The minimum atomic E-state index is -0.659. The SMILES string of the molecule is C#C[C@H]1OC(C)(C)O[C@H]1[C@H]1C[C@@H](C)[C@H](CCOCc2ccc(OC)cc2)O1. The van der Waals surface area contributed by atoms with Crippen LogP contribution in [0.4, 0.5) is 0 Å². The number of rotatable bonds is 7. The van der Waals surface area contributed by atoms with E-state index in [0.29, 0.717) is 19.1 Å². The monoisotopic (exact) mass is 374 g/mol. The summed E-state index contributed by atoms with van der Waals surface area (Å²) >= 11 is 0. The average Bonchev–Trinajstić information content (AvgIpc) is 3.18. The lowest BCUT2D eigenvalue weighted by Crippen LogP contribution is -2.35. The zero-order chi connectivity index (χ0) is 19.4. The first kappa shape index (κ1) is 20.2. The zero-order valence-electron chi connectivity index (χ0n) is 16.6. The molecule has 5 heteroatoms. The fourth-order valence-electron chi connectivity index (χ4n) is 3.80. The molecule has 0 saturated carbocycles. The van der Waals surface area contributed by atoms with E-state index < -0.39 is 5.79 Å². The fraction of sp³-hybridized carbons (Fsp3) is 0.636. The van der Waals surface area contributed by atoms with Crippen LogP contribution in [0.3, 0.4) is 0 Å². The van der Waals surface area contributed by atoms with Gasteiger partial charge in [-0.05, 0) is 50.3 Å². The Balaban J connectivity index is 1.44. The van der Waals surface area contributed by atoms with Crippen LogP contribution in [0.1, 0.15) is 39.2 Å². The second-order valence-electron chi connectivity index (χ2n) is 7.80. The van der Waals surface area contributed by atoms with E-state index >= 15 is 0 Å². The summed E-state index contributed by atoms with van der Waals surface area (Å²) in [4.78, 5) is 0. The largest absolute Gasteiger partial charge is 0.497 e. The maximum absolute atomic E-state index is 6.27. The molecule has 0 unspecified atom stereocenters. The van der Waals surface area contributed by atoms with E-state index in [1.807, 2.05) is 38.1 Å². The number of methoxy groups -OCH3 is 1. The van der Waals surface area contributed by atoms with Gasteiger partial charge in [0, 0.05) is 6.61 Å². The highest BCUT2D eigenvalue weighted by Gasteiger charge is 2.48. The summed E-state index contributed by atoms with van der Waals surface area (Å²) in [6.45, 7) is 7.22. The van der Waals surface area contributed by atoms with E-state index in [1.165, 1.54) is 0 Å². The van der Waals surface area contributed by atoms with Crippen LogP contribution < -0.4 is 4.74 Å². The molecule has 0 N–H and O–H groups in total. The summed E-state index contributed by atoms with van der Waals surface area (Å²) in [6, 6.07) is 7.92. The molecule has 2 heterocycles. The van der Waals surface area contributed by atoms with E-state index in [-0.39, 0.29) is 24.4 Å². The molecule has 2 fully saturated rings. The number of hydrogen-bond acceptors (Lipinski definition) is 5. The van der Waals surface area contributed by atoms with Crippen LogP contribution in [0.2, 0.25) is 0 Å². The van der Waals surface area contributed by atoms with Crippen molar-refractivity contribution in [3.8, 4) is 18.1 Å². The lowest BCUT2D eigenvalue weighted by molar-refractivity contribution is -0.157. The van der Waals surface area contributed by atoms with Crippen LogP contribution in [-0.4, -0.2) is 43.9 Å². The first-order valence-corrected chi connectivity index (χ1v) is 9.60. The summed E-state index contributed by atoms with van der Waals surface area (Å²) in [5.41, 5.74) is 1.13. The summed E-state index contributed by atoms with van der Waals surface area (Å²) < 4.78 is 29.1. The molecule has 0 bridgehead atoms. The van der Waals surface area contributed by atoms with Gasteiger partial charge in [0.05, 0.1) is 25.9 Å². The molecule has 3 rings (SSSR count). The molecular formula is C22H30O5. The van der Waals surface area contributed by atoms with E-state index in [0.717, 1.165) is 24.2 Å². The molecule has 2 aliphatic rings. The molecule has 2 saturated heterocycles. The molecule has 5 nitrogen and oxygen atoms in total. The summed E-state index contributed by atoms with van der Waals surface area (Å²) in [5.74, 6) is 3.32. The Bertz CT molecular complexity index is 648. The van der Waals surface area contributed by atoms with Gasteiger partial charge in [0.15, 0.2) is 5.79 Å². The summed E-state index contributed by atoms with van der Waals surface area (Å²) in [5, 5.41) is 0. The molecule has 1 aromatic carbocycles. The Labute approximate surface area is 162 Å². The Kier molecular flexibility index (Phi) is 6.44. The van der Waals surface area contributed by atoms with Crippen LogP contribution in [0.5, 0.6) is 5.75 Å². The van der Waals surface area contributed by atoms with Gasteiger partial charge >= 0.3 is 0 Å². The molecule has 0 spiro atoms. The van der Waals surface area contributed by atoms with Gasteiger partial charge in [-0.15, -0.1) is 6.42 Å². The van der Waals surface area contributed by atoms with Gasteiger partial charge in [-0.25, -0.2) is 0 Å². The third-order valence-corrected chi connectivity index (χ3v) is 5.22. The maximum atomic E-state index is 6.27. The van der Waals surface area contributed by atoms with Crippen molar-refractivity contribution in [2.45, 2.75) is 70.4 Å². The van der Waals surface area contributed by atoms with Crippen molar-refractivity contribution in [3.63, 3.8) is 0 Å². The van der Waals surface area contributed by atoms with Crippen LogP contribution >= 0.6 is 0 Å². The van der Waals surface area contributed by atoms with Gasteiger partial charge in [-0.3, -0.25) is 0 Å². The molecule has 5 atom stereocenters. The van der Waals surface area contributed by atoms with Crippen molar-refractivity contribution < 1.29 is 23.7 Å². The smallest absolute Gasteiger partial charge is 0.165 e. The topological polar surface area (TPSA) is 46.2 Å². The van der Waals surface area contributed by atoms with Crippen LogP contribution in [0.25, 0.3) is 0 Å². The van der Waals surface area contributed by atoms with Gasteiger partial charge in [-0.1, -0.05) is 25.0 Å². The van der Waals surface area contributed by atoms with Gasteiger partial charge in [0.1, 0.15) is 18.0 Å². The van der Waals surface area contributed by atoms with Crippen LogP contribution in [0, 0.1) is 18.3 Å². The number of benzene rings is 1. The number of hydrogen-bond donors (Lipinski definition) is 0. The lowest BCUT2D eigenvalue weighted by Gasteiger charge is -2.22. The first-order chi connectivity index (χ1) is 12.9. The van der Waals surface area contributed by atoms with Crippen LogP contribution in [-0.2, 0) is 25.6 Å². The molecule has 0 radical (unpaired) electrons. The van der Waals surface area contributed by atoms with Crippen molar-refractivity contribution in [2.24, 2.45) is 5.92 Å². The van der Waals surface area contributed by atoms with Crippen molar-refractivity contribution in [3.05, 3.63) is 29.8 Å². The average molecular weight is 374 g/mol. The first-order valence-electron chi connectivity index (χ1n) is 9.60. The van der Waals surface area contributed by atoms with Gasteiger partial charge in [-0.2, -0.15) is 0 Å². The maximum Gasteiger partial charge on any atom is 0.165 e. The highest BCUT2D eigenvalue weighted by atomic mass is 16.8. The van der Waals surface area contributed by atoms with Crippen molar-refractivity contribution >= 4 is 0 Å². The predicted octanol–water partition coefficient (Wildman–Crippen LogP) is 3.55. The lowest BCUT2D eigenvalue weighted by atomic mass is 9.96. The molecule has 0 amide bonds. The molecule has 0 aliphatic carbocycles. The van der Waals surface area contributed by atoms with E-state index in [4.69, 9.17) is 30.1 Å². The quantitative estimate of drug-likeness (QED) is 0.540. The number of ether oxygens (including phenoxy) is 5. The Morgan fingerprint density at radius 2 is 1.96 bits per heavy atom. The third kappa shape index (κ3) is 5.03. The van der Waals surface area contributed by atoms with Gasteiger partial charge in [0.2, 0.25) is 0 Å². The van der Waals surface area contributed by atoms with Crippen LogP contribution in [0.15, 0.2) is 24.3 Å². The standard InChI is InChI=1S/C22H30O5/c1-6-18-21(27-22(3,4)26-18)20-13-15(2)19(25-20)11-12-24-14-16-7-9-17(23-5)10-8-16/h1,7-10,15,18-21H,11-14H2,2-5H3/t15-,18-,19+,20-,21-/m1/s1. The molecule has 1 aromatic rings. The summed E-state index contributed by atoms with van der Waals surface area (Å²) in [6.07, 6.45) is 6.94. The zero-order valence-corrected chi connectivity index (χ0v) is 16.6. The normalized spacial score (nSPS) is 32.3. The molecule has 148 valence electrons. The molecule has 2 aliphatic heterocycles. The van der Waals surface area contributed by atoms with Gasteiger partial charge < -0.3 is 23.7 Å². The Morgan fingerprint density at radius 1 is 1.22 bits per heavy atom. The second-order valence-corrected chi connectivity index (χ2v) is 7.80.